The summed E-state index contributed by atoms with van der Waals surface area (Å²) in [7, 11) is 1.65. The second-order valence-electron chi connectivity index (χ2n) is 6.10. The summed E-state index contributed by atoms with van der Waals surface area (Å²) in [4.78, 5) is 24.5. The molecule has 6 nitrogen and oxygen atoms in total. The van der Waals surface area contributed by atoms with E-state index >= 15 is 0 Å². The zero-order valence-electron chi connectivity index (χ0n) is 16.0. The van der Waals surface area contributed by atoms with Crippen molar-refractivity contribution in [3.05, 3.63) is 75.9 Å². The Morgan fingerprint density at radius 3 is 2.63 bits per heavy atom. The predicted octanol–water partition coefficient (Wildman–Crippen LogP) is 4.36. The number of fused-ring (bicyclic) bond motifs is 1. The van der Waals surface area contributed by atoms with Gasteiger partial charge in [0.1, 0.15) is 0 Å². The van der Waals surface area contributed by atoms with E-state index in [0.29, 0.717) is 28.1 Å². The van der Waals surface area contributed by atoms with Gasteiger partial charge in [-0.3, -0.25) is 14.3 Å². The molecule has 1 heterocycles. The second kappa shape index (κ2) is 10.5. The molecule has 10 heteroatoms. The predicted molar refractivity (Wildman–Crippen MR) is 111 cm³/mol. The molecule has 3 rings (SSSR count). The van der Waals surface area contributed by atoms with Crippen molar-refractivity contribution in [3.8, 4) is 0 Å². The zero-order chi connectivity index (χ0) is 21.0. The summed E-state index contributed by atoms with van der Waals surface area (Å²) in [5, 5.41) is 6.24. The maximum Gasteiger partial charge on any atom is 0.302 e. The average Bonchev–Trinajstić information content (AvgIpc) is 2.70. The molecule has 3 aromatic rings. The quantitative estimate of drug-likeness (QED) is 0.276. The number of anilines is 2. The van der Waals surface area contributed by atoms with E-state index in [1.165, 1.54) is 12.1 Å². The minimum atomic E-state index is -2.71. The van der Waals surface area contributed by atoms with Gasteiger partial charge in [0.05, 0.1) is 5.56 Å². The van der Waals surface area contributed by atoms with E-state index in [0.717, 1.165) is 5.56 Å². The largest absolute Gasteiger partial charge is 0.503 e. The van der Waals surface area contributed by atoms with Gasteiger partial charge in [-0.05, 0) is 12.1 Å². The Morgan fingerprint density at radius 2 is 1.93 bits per heavy atom. The summed E-state index contributed by atoms with van der Waals surface area (Å²) in [5.74, 6) is -3.04. The van der Waals surface area contributed by atoms with Crippen LogP contribution in [0, 0.1) is 13.5 Å². The summed E-state index contributed by atoms with van der Waals surface area (Å²) >= 11 is 0.0394. The number of benzene rings is 2. The molecule has 3 N–H and O–H groups in total. The third-order valence-corrected chi connectivity index (χ3v) is 4.53. The van der Waals surface area contributed by atoms with Crippen LogP contribution in [-0.2, 0) is 21.1 Å². The van der Waals surface area contributed by atoms with Crippen LogP contribution in [0.15, 0.2) is 51.7 Å². The van der Waals surface area contributed by atoms with Crippen LogP contribution in [0.1, 0.15) is 21.5 Å². The Hall–Kier alpha value is -2.51. The van der Waals surface area contributed by atoms with E-state index in [4.69, 9.17) is 4.42 Å². The van der Waals surface area contributed by atoms with Gasteiger partial charge in [-0.15, -0.1) is 11.1 Å². The maximum absolute atomic E-state index is 12.4. The Balaban J connectivity index is 0.00000320. The van der Waals surface area contributed by atoms with Gasteiger partial charge in [-0.2, -0.15) is 14.8 Å². The van der Waals surface area contributed by atoms with Crippen LogP contribution in [0.2, 0.25) is 0 Å². The van der Waals surface area contributed by atoms with Crippen LogP contribution in [-0.4, -0.2) is 18.7 Å². The molecule has 0 saturated heterocycles. The molecule has 0 aliphatic heterocycles. The number of hydrogen-bond donors (Lipinski definition) is 3. The number of rotatable bonds is 7. The fraction of sp³-hybridized carbons (Fsp3) is 0.150. The van der Waals surface area contributed by atoms with Crippen LogP contribution in [0.3, 0.4) is 0 Å². The Kier molecular flexibility index (Phi) is 8.32. The van der Waals surface area contributed by atoms with Crippen molar-refractivity contribution in [2.75, 3.05) is 17.7 Å². The first-order chi connectivity index (χ1) is 13.9. The SMILES string of the molecule is CNc1cc(=O)c2cc(C)cc([CH-]Nc3ccccc3C(=O)NSC(F)F)c2o1.[W]. The van der Waals surface area contributed by atoms with Crippen molar-refractivity contribution in [3.63, 3.8) is 0 Å². The summed E-state index contributed by atoms with van der Waals surface area (Å²) in [6, 6.07) is 11.4. The number of amides is 1. The minimum absolute atomic E-state index is 0. The van der Waals surface area contributed by atoms with E-state index in [2.05, 4.69) is 15.4 Å². The number of alkyl halides is 2. The number of carbonyl (C=O) groups is 1. The fourth-order valence-electron chi connectivity index (χ4n) is 2.78. The Morgan fingerprint density at radius 1 is 1.20 bits per heavy atom. The van der Waals surface area contributed by atoms with Gasteiger partial charge >= 0.3 is 5.76 Å². The van der Waals surface area contributed by atoms with E-state index < -0.39 is 11.7 Å². The topological polar surface area (TPSA) is 83.4 Å². The molecule has 0 spiro atoms. The van der Waals surface area contributed by atoms with E-state index in [-0.39, 0.29) is 44.0 Å². The molecular formula is C20H18F2N3O3SW-. The third kappa shape index (κ3) is 5.55. The van der Waals surface area contributed by atoms with Gasteiger partial charge < -0.3 is 15.1 Å². The second-order valence-corrected chi connectivity index (χ2v) is 6.90. The van der Waals surface area contributed by atoms with Gasteiger partial charge in [-0.25, -0.2) is 0 Å². The van der Waals surface area contributed by atoms with E-state index in [9.17, 15) is 18.4 Å². The molecule has 0 aliphatic rings. The molecule has 0 fully saturated rings. The number of para-hydroxylation sites is 1. The van der Waals surface area contributed by atoms with E-state index in [1.54, 1.807) is 37.9 Å². The number of nitrogens with one attached hydrogen (secondary N) is 3. The molecule has 0 unspecified atom stereocenters. The molecule has 30 heavy (non-hydrogen) atoms. The Labute approximate surface area is 190 Å². The van der Waals surface area contributed by atoms with Gasteiger partial charge in [0.25, 0.3) is 5.91 Å². The van der Waals surface area contributed by atoms with Crippen molar-refractivity contribution in [2.45, 2.75) is 12.7 Å². The van der Waals surface area contributed by atoms with Crippen LogP contribution in [0.25, 0.3) is 11.0 Å². The maximum atomic E-state index is 12.4. The summed E-state index contributed by atoms with van der Waals surface area (Å²) in [6.07, 6.45) is 0. The number of carbonyl (C=O) groups excluding carboxylic acids is 1. The van der Waals surface area contributed by atoms with Crippen LogP contribution in [0.4, 0.5) is 20.4 Å². The number of hydrogen-bond acceptors (Lipinski definition) is 6. The average molecular weight is 602 g/mol. The summed E-state index contributed by atoms with van der Waals surface area (Å²) in [6.45, 7) is 3.45. The minimum Gasteiger partial charge on any atom is -0.503 e. The smallest absolute Gasteiger partial charge is 0.302 e. The van der Waals surface area contributed by atoms with Crippen molar-refractivity contribution < 1.29 is 39.1 Å². The molecular weight excluding hydrogens is 584 g/mol. The van der Waals surface area contributed by atoms with Crippen molar-refractivity contribution in [1.29, 1.82) is 0 Å². The van der Waals surface area contributed by atoms with Gasteiger partial charge in [-0.1, -0.05) is 31.7 Å². The number of aryl methyl sites for hydroxylation is 1. The molecule has 0 aliphatic carbocycles. The van der Waals surface area contributed by atoms with Crippen molar-refractivity contribution in [1.82, 2.24) is 4.72 Å². The summed E-state index contributed by atoms with van der Waals surface area (Å²) in [5.41, 5.74) is 2.28. The third-order valence-electron chi connectivity index (χ3n) is 4.04. The van der Waals surface area contributed by atoms with Gasteiger partial charge in [0, 0.05) is 62.8 Å². The molecule has 1 aromatic heterocycles. The molecule has 0 radical (unpaired) electrons. The molecule has 2 aromatic carbocycles. The van der Waals surface area contributed by atoms with Crippen molar-refractivity contribution in [2.24, 2.45) is 0 Å². The van der Waals surface area contributed by atoms with Crippen LogP contribution < -0.4 is 20.8 Å². The molecule has 1 amide bonds. The van der Waals surface area contributed by atoms with Gasteiger partial charge in [0.15, 0.2) is 11.3 Å². The standard InChI is InChI=1S/C20H18F2N3O3S.W/c1-11-7-12(18-14(8-11)16(26)9-17(23-2)28-18)10-24-15-6-4-3-5-13(15)19(27)25-29-20(21)22;/h3-10,20,23-24H,1-2H3,(H,25,27);/q-1;. The summed E-state index contributed by atoms with van der Waals surface area (Å²) < 4.78 is 32.6. The normalized spacial score (nSPS) is 10.4. The van der Waals surface area contributed by atoms with Crippen LogP contribution >= 0.6 is 11.9 Å². The van der Waals surface area contributed by atoms with Crippen LogP contribution in [0.5, 0.6) is 0 Å². The molecule has 0 saturated carbocycles. The first-order valence-electron chi connectivity index (χ1n) is 8.58. The zero-order valence-corrected chi connectivity index (χ0v) is 19.7. The fourth-order valence-corrected chi connectivity index (χ4v) is 3.09. The number of halogens is 2. The molecule has 0 bridgehead atoms. The van der Waals surface area contributed by atoms with Gasteiger partial charge in [0.2, 0.25) is 0 Å². The Bertz CT molecular complexity index is 1110. The monoisotopic (exact) mass is 602 g/mol. The molecule has 158 valence electrons. The first-order valence-corrected chi connectivity index (χ1v) is 9.46. The van der Waals surface area contributed by atoms with E-state index in [1.807, 2.05) is 13.0 Å². The van der Waals surface area contributed by atoms with Crippen molar-refractivity contribution >= 4 is 40.4 Å². The molecule has 0 atom stereocenters. The first kappa shape index (κ1) is 23.8.